The van der Waals surface area contributed by atoms with Crippen LogP contribution in [0.3, 0.4) is 0 Å². The van der Waals surface area contributed by atoms with Crippen LogP contribution in [-0.4, -0.2) is 11.4 Å². The Morgan fingerprint density at radius 2 is 0.933 bits per heavy atom. The fraction of sp³-hybridized carbons (Fsp3) is 0.571. The molecule has 2 nitrogen and oxygen atoms in total. The zero-order valence-corrected chi connectivity index (χ0v) is 30.3. The molecule has 2 aromatic carbocycles. The number of unbranched alkanes of at least 4 members (excludes halogenated alkanes) is 12. The maximum absolute atomic E-state index is 5.29. The summed E-state index contributed by atoms with van der Waals surface area (Å²) in [7, 11) is 0. The van der Waals surface area contributed by atoms with Gasteiger partial charge in [0.05, 0.1) is 22.8 Å². The van der Waals surface area contributed by atoms with E-state index in [-0.39, 0.29) is 16.5 Å². The van der Waals surface area contributed by atoms with Gasteiger partial charge in [-0.05, 0) is 107 Å². The summed E-state index contributed by atoms with van der Waals surface area (Å²) in [5.74, 6) is 0. The summed E-state index contributed by atoms with van der Waals surface area (Å²) in [4.78, 5) is 10.5. The molecule has 0 aromatic heterocycles. The molecule has 3 heteroatoms. The molecule has 0 heterocycles. The van der Waals surface area contributed by atoms with E-state index in [9.17, 15) is 0 Å². The summed E-state index contributed by atoms with van der Waals surface area (Å²) >= 11 is 0. The second kappa shape index (κ2) is 28.0. The fourth-order valence-electron chi connectivity index (χ4n) is 5.58. The van der Waals surface area contributed by atoms with Gasteiger partial charge in [-0.2, -0.15) is 0 Å². The second-order valence-corrected chi connectivity index (χ2v) is 12.4. The summed E-state index contributed by atoms with van der Waals surface area (Å²) in [5.41, 5.74) is 7.11. The first-order valence-corrected chi connectivity index (χ1v) is 18.3. The monoisotopic (exact) mass is 654 g/mol. The van der Waals surface area contributed by atoms with Crippen molar-refractivity contribution in [1.29, 1.82) is 0 Å². The average molecular weight is 656 g/mol. The normalized spacial score (nSPS) is 12.4. The van der Waals surface area contributed by atoms with Crippen LogP contribution in [-0.2, 0) is 29.3 Å². The topological polar surface area (TPSA) is 24.7 Å². The predicted molar refractivity (Wildman–Crippen MR) is 199 cm³/mol. The van der Waals surface area contributed by atoms with Gasteiger partial charge < -0.3 is 0 Å². The SMILES string of the molecule is CCCCCC/C=C/CCCc1ccccc1/N=C(C)\C(CCCCC)=N\c1ccccc1CCC/C=C/CCCCCC.[Ni]. The standard InChI is InChI=1S/C42H64N2.Ni/c1-5-8-11-13-15-17-19-21-24-30-38-32-26-28-35-41(38)43-37(4)40(34-23-10-7-3)44-42-36-29-27-33-39(42)31-25-22-20-18-16-14-12-9-6-2;/h17-20,26-29,32-33,35-36H,5-16,21-25,30-31,34H2,1-4H3;/b19-17+,20-18+,43-37-,44-40+;. The van der Waals surface area contributed by atoms with Crippen LogP contribution in [0.2, 0.25) is 0 Å². The van der Waals surface area contributed by atoms with Gasteiger partial charge in [0, 0.05) is 16.5 Å². The van der Waals surface area contributed by atoms with E-state index in [1.54, 1.807) is 0 Å². The summed E-state index contributed by atoms with van der Waals surface area (Å²) < 4.78 is 0. The molecule has 2 rings (SSSR count). The number of nitrogens with zero attached hydrogens (tertiary/aromatic N) is 2. The van der Waals surface area contributed by atoms with E-state index in [2.05, 4.69) is 101 Å². The molecule has 0 bridgehead atoms. The van der Waals surface area contributed by atoms with Crippen LogP contribution in [0.5, 0.6) is 0 Å². The molecule has 0 radical (unpaired) electrons. The zero-order chi connectivity index (χ0) is 31.5. The summed E-state index contributed by atoms with van der Waals surface area (Å²) in [6.45, 7) is 8.98. The number of hydrogen-bond acceptors (Lipinski definition) is 2. The Morgan fingerprint density at radius 1 is 0.511 bits per heavy atom. The number of rotatable bonds is 25. The zero-order valence-electron chi connectivity index (χ0n) is 29.3. The molecule has 0 atom stereocenters. The molecule has 0 saturated heterocycles. The Bertz CT molecular complexity index is 1130. The largest absolute Gasteiger partial charge is 0.252 e. The molecule has 2 aromatic rings. The van der Waals surface area contributed by atoms with Crippen molar-refractivity contribution >= 4 is 22.8 Å². The van der Waals surface area contributed by atoms with Gasteiger partial charge in [-0.25, -0.2) is 0 Å². The van der Waals surface area contributed by atoms with E-state index in [1.165, 1.54) is 88.2 Å². The van der Waals surface area contributed by atoms with Crippen molar-refractivity contribution in [3.8, 4) is 0 Å². The Kier molecular flexibility index (Phi) is 25.4. The molecule has 0 aliphatic carbocycles. The first-order chi connectivity index (χ1) is 21.7. The van der Waals surface area contributed by atoms with Gasteiger partial charge in [-0.1, -0.05) is 133 Å². The number of hydrogen-bond donors (Lipinski definition) is 0. The number of allylic oxidation sites excluding steroid dienone is 4. The first-order valence-electron chi connectivity index (χ1n) is 18.3. The molecule has 0 aliphatic rings. The minimum Gasteiger partial charge on any atom is -0.252 e. The van der Waals surface area contributed by atoms with E-state index in [0.29, 0.717) is 0 Å². The predicted octanol–water partition coefficient (Wildman–Crippen LogP) is 13.8. The molecule has 0 spiro atoms. The molecule has 0 amide bonds. The van der Waals surface area contributed by atoms with E-state index >= 15 is 0 Å². The van der Waals surface area contributed by atoms with Crippen molar-refractivity contribution in [2.75, 3.05) is 0 Å². The number of benzene rings is 2. The molecule has 0 aliphatic heterocycles. The second-order valence-electron chi connectivity index (χ2n) is 12.4. The molecular weight excluding hydrogens is 591 g/mol. The fourth-order valence-corrected chi connectivity index (χ4v) is 5.58. The third-order valence-corrected chi connectivity index (χ3v) is 8.38. The van der Waals surface area contributed by atoms with Gasteiger partial charge in [-0.15, -0.1) is 0 Å². The van der Waals surface area contributed by atoms with Crippen LogP contribution in [0.1, 0.15) is 154 Å². The maximum atomic E-state index is 5.29. The number of para-hydroxylation sites is 2. The minimum atomic E-state index is 0. The Labute approximate surface area is 288 Å². The number of aliphatic imine (C=N–C) groups is 2. The molecule has 0 fully saturated rings. The molecule has 0 saturated carbocycles. The molecule has 45 heavy (non-hydrogen) atoms. The summed E-state index contributed by atoms with van der Waals surface area (Å²) in [5, 5.41) is 0. The van der Waals surface area contributed by atoms with E-state index < -0.39 is 0 Å². The molecule has 252 valence electrons. The minimum absolute atomic E-state index is 0. The van der Waals surface area contributed by atoms with Gasteiger partial charge in [-0.3, -0.25) is 9.98 Å². The van der Waals surface area contributed by atoms with Crippen LogP contribution < -0.4 is 0 Å². The smallest absolute Gasteiger partial charge is 0.0665 e. The molecule has 0 unspecified atom stereocenters. The average Bonchev–Trinajstić information content (AvgIpc) is 3.04. The van der Waals surface area contributed by atoms with Crippen molar-refractivity contribution in [2.45, 2.75) is 156 Å². The van der Waals surface area contributed by atoms with Crippen LogP contribution in [0.15, 0.2) is 82.8 Å². The van der Waals surface area contributed by atoms with E-state index in [0.717, 1.165) is 74.2 Å². The quantitative estimate of drug-likeness (QED) is 0.0440. The summed E-state index contributed by atoms with van der Waals surface area (Å²) in [6, 6.07) is 17.4. The van der Waals surface area contributed by atoms with Gasteiger partial charge in [0.1, 0.15) is 0 Å². The van der Waals surface area contributed by atoms with Crippen molar-refractivity contribution in [1.82, 2.24) is 0 Å². The van der Waals surface area contributed by atoms with E-state index in [4.69, 9.17) is 9.98 Å². The van der Waals surface area contributed by atoms with Gasteiger partial charge in [0.2, 0.25) is 0 Å². The van der Waals surface area contributed by atoms with Crippen molar-refractivity contribution in [2.24, 2.45) is 9.98 Å². The number of aryl methyl sites for hydroxylation is 2. The van der Waals surface area contributed by atoms with Crippen molar-refractivity contribution in [3.63, 3.8) is 0 Å². The first kappa shape index (κ1) is 40.8. The third-order valence-electron chi connectivity index (χ3n) is 8.38. The maximum Gasteiger partial charge on any atom is 0.0665 e. The molecule has 0 N–H and O–H groups in total. The Hall–Kier alpha value is -2.25. The van der Waals surface area contributed by atoms with Crippen LogP contribution >= 0.6 is 0 Å². The van der Waals surface area contributed by atoms with Crippen LogP contribution in [0, 0.1) is 0 Å². The summed E-state index contributed by atoms with van der Waals surface area (Å²) in [6.07, 6.45) is 34.0. The van der Waals surface area contributed by atoms with Gasteiger partial charge in [0.15, 0.2) is 0 Å². The van der Waals surface area contributed by atoms with Crippen molar-refractivity contribution < 1.29 is 16.5 Å². The van der Waals surface area contributed by atoms with Crippen LogP contribution in [0.4, 0.5) is 11.4 Å². The van der Waals surface area contributed by atoms with Crippen molar-refractivity contribution in [3.05, 3.63) is 84.0 Å². The Balaban J connectivity index is 0.0000101. The Morgan fingerprint density at radius 3 is 1.42 bits per heavy atom. The van der Waals surface area contributed by atoms with Gasteiger partial charge in [0.25, 0.3) is 0 Å². The third kappa shape index (κ3) is 19.1. The molecular formula is C42H64N2Ni. The van der Waals surface area contributed by atoms with Crippen LogP contribution in [0.25, 0.3) is 0 Å². The van der Waals surface area contributed by atoms with E-state index in [1.807, 2.05) is 0 Å². The van der Waals surface area contributed by atoms with Gasteiger partial charge >= 0.3 is 0 Å².